The molecule has 1 aromatic carbocycles. The fourth-order valence-corrected chi connectivity index (χ4v) is 6.36. The smallest absolute Gasteiger partial charge is 0.468 e. The van der Waals surface area contributed by atoms with Crippen LogP contribution >= 0.6 is 0 Å². The van der Waals surface area contributed by atoms with Crippen molar-refractivity contribution in [2.24, 2.45) is 0 Å². The Morgan fingerprint density at radius 2 is 1.86 bits per heavy atom. The Hall–Kier alpha value is -2.05. The lowest BCUT2D eigenvalue weighted by molar-refractivity contribution is -0.274. The summed E-state index contributed by atoms with van der Waals surface area (Å²) >= 11 is 0. The molecule has 2 aromatic rings. The second-order valence-corrected chi connectivity index (χ2v) is 10.3. The lowest BCUT2D eigenvalue weighted by atomic mass is 10.2. The fraction of sp³-hybridized carbons (Fsp3) is 0.375. The third-order valence-corrected chi connectivity index (χ3v) is 7.83. The summed E-state index contributed by atoms with van der Waals surface area (Å²) in [5.74, 6) is -0.722. The number of rotatable bonds is 6. The van der Waals surface area contributed by atoms with E-state index in [9.17, 15) is 30.0 Å². The van der Waals surface area contributed by atoms with Crippen molar-refractivity contribution in [3.05, 3.63) is 48.4 Å². The van der Waals surface area contributed by atoms with Gasteiger partial charge in [-0.25, -0.2) is 16.8 Å². The molecule has 7 nitrogen and oxygen atoms in total. The summed E-state index contributed by atoms with van der Waals surface area (Å²) in [7, 11) is -7.57. The van der Waals surface area contributed by atoms with Crippen LogP contribution in [-0.4, -0.2) is 45.1 Å². The van der Waals surface area contributed by atoms with Crippen LogP contribution < -0.4 is 4.74 Å². The second kappa shape index (κ2) is 7.41. The van der Waals surface area contributed by atoms with Gasteiger partial charge in [0.2, 0.25) is 10.0 Å². The third kappa shape index (κ3) is 4.86. The summed E-state index contributed by atoms with van der Waals surface area (Å²) in [5.41, 5.74) is 0. The second-order valence-electron chi connectivity index (χ2n) is 6.21. The van der Waals surface area contributed by atoms with Crippen LogP contribution in [0.4, 0.5) is 13.2 Å². The van der Waals surface area contributed by atoms with Gasteiger partial charge in [-0.05, 0) is 42.8 Å². The molecule has 3 rings (SSSR count). The summed E-state index contributed by atoms with van der Waals surface area (Å²) in [6.07, 6.45) is -3.42. The number of hydrogen-bond donors (Lipinski definition) is 0. The van der Waals surface area contributed by atoms with Crippen molar-refractivity contribution in [3.8, 4) is 5.75 Å². The maximum Gasteiger partial charge on any atom is 0.573 e. The van der Waals surface area contributed by atoms with Crippen molar-refractivity contribution in [1.82, 2.24) is 4.31 Å². The maximum atomic E-state index is 13.1. The van der Waals surface area contributed by atoms with Crippen molar-refractivity contribution < 1.29 is 39.2 Å². The minimum Gasteiger partial charge on any atom is -0.468 e. The molecule has 0 bridgehead atoms. The minimum absolute atomic E-state index is 0.123. The SMILES string of the molecule is O=S1(=O)CC[C@@H](N(Cc2ccco2)S(=O)(=O)c2ccc(OC(F)(F)F)cc2)C1. The largest absolute Gasteiger partial charge is 0.573 e. The zero-order chi connectivity index (χ0) is 20.6. The molecule has 1 aliphatic rings. The molecule has 0 saturated carbocycles. The molecule has 1 aliphatic heterocycles. The number of sulfone groups is 1. The average Bonchev–Trinajstić information content (AvgIpc) is 3.20. The van der Waals surface area contributed by atoms with E-state index in [0.29, 0.717) is 5.76 Å². The molecule has 0 unspecified atom stereocenters. The van der Waals surface area contributed by atoms with Gasteiger partial charge in [0.15, 0.2) is 9.84 Å². The Morgan fingerprint density at radius 3 is 2.36 bits per heavy atom. The predicted octanol–water partition coefficient (Wildman–Crippen LogP) is 2.56. The van der Waals surface area contributed by atoms with Gasteiger partial charge in [-0.3, -0.25) is 0 Å². The van der Waals surface area contributed by atoms with Crippen LogP contribution in [0.1, 0.15) is 12.2 Å². The van der Waals surface area contributed by atoms with Gasteiger partial charge in [0.05, 0.1) is 29.2 Å². The minimum atomic E-state index is -4.90. The first-order chi connectivity index (χ1) is 13.0. The van der Waals surface area contributed by atoms with Gasteiger partial charge < -0.3 is 9.15 Å². The van der Waals surface area contributed by atoms with Gasteiger partial charge in [0.25, 0.3) is 0 Å². The Bertz CT molecular complexity index is 1020. The number of halogens is 3. The van der Waals surface area contributed by atoms with Crippen LogP contribution in [0.5, 0.6) is 5.75 Å². The van der Waals surface area contributed by atoms with Crippen LogP contribution in [0.15, 0.2) is 52.0 Å². The van der Waals surface area contributed by atoms with Crippen LogP contribution in [0.3, 0.4) is 0 Å². The van der Waals surface area contributed by atoms with E-state index in [1.807, 2.05) is 0 Å². The molecule has 12 heteroatoms. The number of sulfonamides is 1. The molecule has 0 radical (unpaired) electrons. The van der Waals surface area contributed by atoms with Crippen molar-refractivity contribution in [3.63, 3.8) is 0 Å². The molecule has 28 heavy (non-hydrogen) atoms. The zero-order valence-electron chi connectivity index (χ0n) is 14.3. The number of alkyl halides is 3. The molecule has 154 valence electrons. The highest BCUT2D eigenvalue weighted by Gasteiger charge is 2.39. The van der Waals surface area contributed by atoms with Gasteiger partial charge in [-0.15, -0.1) is 13.2 Å². The number of furan rings is 1. The molecule has 0 spiro atoms. The van der Waals surface area contributed by atoms with Gasteiger partial charge in [0, 0.05) is 6.04 Å². The normalized spacial score (nSPS) is 19.8. The quantitative estimate of drug-likeness (QED) is 0.687. The first kappa shape index (κ1) is 20.7. The first-order valence-electron chi connectivity index (χ1n) is 8.07. The zero-order valence-corrected chi connectivity index (χ0v) is 15.9. The van der Waals surface area contributed by atoms with E-state index in [0.717, 1.165) is 28.6 Å². The Labute approximate surface area is 159 Å². The monoisotopic (exact) mass is 439 g/mol. The van der Waals surface area contributed by atoms with E-state index >= 15 is 0 Å². The molecule has 1 aromatic heterocycles. The number of nitrogens with zero attached hydrogens (tertiary/aromatic N) is 1. The van der Waals surface area contributed by atoms with Crippen LogP contribution in [0.2, 0.25) is 0 Å². The van der Waals surface area contributed by atoms with E-state index in [1.165, 1.54) is 6.26 Å². The Kier molecular flexibility index (Phi) is 5.47. The Morgan fingerprint density at radius 1 is 1.18 bits per heavy atom. The van der Waals surface area contributed by atoms with E-state index in [-0.39, 0.29) is 29.4 Å². The van der Waals surface area contributed by atoms with E-state index in [4.69, 9.17) is 4.42 Å². The summed E-state index contributed by atoms with van der Waals surface area (Å²) in [6, 6.07) is 6.05. The van der Waals surface area contributed by atoms with Gasteiger partial charge in [-0.2, -0.15) is 4.31 Å². The molecule has 2 heterocycles. The summed E-state index contributed by atoms with van der Waals surface area (Å²) < 4.78 is 96.6. The number of ether oxygens (including phenoxy) is 1. The number of benzene rings is 1. The third-order valence-electron chi connectivity index (χ3n) is 4.17. The maximum absolute atomic E-state index is 13.1. The molecule has 1 atom stereocenters. The average molecular weight is 439 g/mol. The topological polar surface area (TPSA) is 93.9 Å². The highest BCUT2D eigenvalue weighted by atomic mass is 32.2. The van der Waals surface area contributed by atoms with Gasteiger partial charge >= 0.3 is 6.36 Å². The highest BCUT2D eigenvalue weighted by molar-refractivity contribution is 7.92. The standard InChI is InChI=1S/C16H16F3NO6S2/c17-16(18,19)26-13-3-5-15(6-4-13)28(23,24)20(10-14-2-1-8-25-14)12-7-9-27(21,22)11-12/h1-6,8,12H,7,9-11H2/t12-/m1/s1. The molecule has 0 aliphatic carbocycles. The fourth-order valence-electron chi connectivity index (χ4n) is 2.92. The van der Waals surface area contributed by atoms with E-state index in [2.05, 4.69) is 4.74 Å². The van der Waals surface area contributed by atoms with Crippen molar-refractivity contribution >= 4 is 19.9 Å². The van der Waals surface area contributed by atoms with Crippen LogP contribution in [0, 0.1) is 0 Å². The van der Waals surface area contributed by atoms with Crippen molar-refractivity contribution in [2.45, 2.75) is 30.3 Å². The van der Waals surface area contributed by atoms with Crippen LogP contribution in [0.25, 0.3) is 0 Å². The summed E-state index contributed by atoms with van der Waals surface area (Å²) in [6.45, 7) is -0.198. The molecular formula is C16H16F3NO6S2. The van der Waals surface area contributed by atoms with Gasteiger partial charge in [0.1, 0.15) is 11.5 Å². The van der Waals surface area contributed by atoms with Crippen LogP contribution in [-0.2, 0) is 26.4 Å². The van der Waals surface area contributed by atoms with Gasteiger partial charge in [-0.1, -0.05) is 0 Å². The van der Waals surface area contributed by atoms with E-state index in [1.54, 1.807) is 12.1 Å². The molecule has 1 fully saturated rings. The summed E-state index contributed by atoms with van der Waals surface area (Å²) in [5, 5.41) is 0. The molecular weight excluding hydrogens is 423 g/mol. The predicted molar refractivity (Wildman–Crippen MR) is 91.6 cm³/mol. The molecule has 0 amide bonds. The van der Waals surface area contributed by atoms with E-state index < -0.39 is 38.0 Å². The van der Waals surface area contributed by atoms with Crippen molar-refractivity contribution in [1.29, 1.82) is 0 Å². The molecule has 1 saturated heterocycles. The summed E-state index contributed by atoms with van der Waals surface area (Å²) in [4.78, 5) is -0.280. The Balaban J connectivity index is 1.91. The number of hydrogen-bond acceptors (Lipinski definition) is 6. The molecule has 0 N–H and O–H groups in total. The highest BCUT2D eigenvalue weighted by Crippen LogP contribution is 2.29. The van der Waals surface area contributed by atoms with Crippen molar-refractivity contribution in [2.75, 3.05) is 11.5 Å². The first-order valence-corrected chi connectivity index (χ1v) is 11.3. The lowest BCUT2D eigenvalue weighted by Gasteiger charge is -2.26. The lowest BCUT2D eigenvalue weighted by Crippen LogP contribution is -2.40.